The number of aliphatic imine (C=N–C) groups is 1. The number of amides is 1. The number of hydrogen-bond acceptors (Lipinski definition) is 5. The van der Waals surface area contributed by atoms with Crippen LogP contribution in [0.2, 0.25) is 5.02 Å². The number of hydrogen-bond donors (Lipinski definition) is 1. The minimum atomic E-state index is -4.75. The number of halogens is 4. The molecule has 0 saturated carbocycles. The number of sulfone groups is 1. The number of carboxylic acid groups (broad SMARTS) is 1. The maximum Gasteiger partial charge on any atom is 0.417 e. The third-order valence-corrected chi connectivity index (χ3v) is 7.70. The quantitative estimate of drug-likeness (QED) is 0.428. The highest BCUT2D eigenvalue weighted by Gasteiger charge is 2.36. The van der Waals surface area contributed by atoms with Crippen LogP contribution in [0, 0.1) is 0 Å². The minimum Gasteiger partial charge on any atom is -0.465 e. The lowest BCUT2D eigenvalue weighted by Crippen LogP contribution is -2.44. The summed E-state index contributed by atoms with van der Waals surface area (Å²) in [5.41, 5.74) is -1.41. The fourth-order valence-electron chi connectivity index (χ4n) is 3.60. The number of thiocarbonyl (C=S) groups is 1. The molecule has 0 bridgehead atoms. The second-order valence-electron chi connectivity index (χ2n) is 7.11. The molecule has 0 spiro atoms. The zero-order valence-electron chi connectivity index (χ0n) is 16.3. The first kappa shape index (κ1) is 24.2. The summed E-state index contributed by atoms with van der Waals surface area (Å²) in [7, 11) is -3.89. The van der Waals surface area contributed by atoms with Crippen molar-refractivity contribution in [1.82, 2.24) is 4.90 Å². The van der Waals surface area contributed by atoms with Crippen molar-refractivity contribution < 1.29 is 31.5 Å². The number of nitrogens with zero attached hydrogens (tertiary/aromatic N) is 2. The molecule has 1 unspecified atom stereocenters. The summed E-state index contributed by atoms with van der Waals surface area (Å²) in [6.07, 6.45) is -5.26. The summed E-state index contributed by atoms with van der Waals surface area (Å²) in [6, 6.07) is 6.87. The molecule has 32 heavy (non-hydrogen) atoms. The number of likely N-dealkylation sites (tertiary alicyclic amines) is 1. The van der Waals surface area contributed by atoms with E-state index in [1.54, 1.807) is 0 Å². The van der Waals surface area contributed by atoms with E-state index >= 15 is 0 Å². The van der Waals surface area contributed by atoms with Crippen LogP contribution in [0.25, 0.3) is 11.1 Å². The van der Waals surface area contributed by atoms with Crippen molar-refractivity contribution in [1.29, 1.82) is 0 Å². The van der Waals surface area contributed by atoms with E-state index in [0.717, 1.165) is 11.0 Å². The Balaban J connectivity index is 2.00. The highest BCUT2D eigenvalue weighted by molar-refractivity contribution is 7.92. The molecule has 0 aliphatic carbocycles. The summed E-state index contributed by atoms with van der Waals surface area (Å²) in [6.45, 7) is 0.0909. The van der Waals surface area contributed by atoms with E-state index in [4.69, 9.17) is 16.7 Å². The molecular formula is C20H16ClF3N2O4S2. The van der Waals surface area contributed by atoms with Crippen LogP contribution in [-0.4, -0.2) is 48.0 Å². The summed E-state index contributed by atoms with van der Waals surface area (Å²) >= 11 is 10.5. The number of rotatable bonds is 4. The number of carbonyl (C=O) groups is 1. The third-order valence-electron chi connectivity index (χ3n) is 5.11. The van der Waals surface area contributed by atoms with Crippen molar-refractivity contribution in [2.45, 2.75) is 29.2 Å². The van der Waals surface area contributed by atoms with E-state index < -0.39 is 32.9 Å². The molecule has 12 heteroatoms. The molecule has 1 atom stereocenters. The Morgan fingerprint density at radius 2 is 1.91 bits per heavy atom. The second kappa shape index (κ2) is 9.19. The van der Waals surface area contributed by atoms with Crippen LogP contribution >= 0.6 is 23.8 Å². The molecule has 1 N–H and O–H groups in total. The average molecular weight is 505 g/mol. The molecule has 2 aromatic carbocycles. The first-order valence-electron chi connectivity index (χ1n) is 9.26. The van der Waals surface area contributed by atoms with Gasteiger partial charge in [0.25, 0.3) is 0 Å². The predicted octanol–water partition coefficient (Wildman–Crippen LogP) is 5.68. The molecule has 170 valence electrons. The molecule has 0 aromatic heterocycles. The Morgan fingerprint density at radius 3 is 2.47 bits per heavy atom. The lowest BCUT2D eigenvalue weighted by atomic mass is 9.98. The van der Waals surface area contributed by atoms with Crippen molar-refractivity contribution in [3.63, 3.8) is 0 Å². The highest BCUT2D eigenvalue weighted by atomic mass is 35.5. The number of benzene rings is 2. The van der Waals surface area contributed by atoms with Gasteiger partial charge >= 0.3 is 12.3 Å². The van der Waals surface area contributed by atoms with Gasteiger partial charge in [-0.05, 0) is 54.9 Å². The number of alkyl halides is 3. The maximum atomic E-state index is 13.7. The van der Waals surface area contributed by atoms with E-state index in [2.05, 4.69) is 17.2 Å². The maximum absolute atomic E-state index is 13.7. The van der Waals surface area contributed by atoms with E-state index in [1.165, 1.54) is 30.3 Å². The largest absolute Gasteiger partial charge is 0.465 e. The van der Waals surface area contributed by atoms with Gasteiger partial charge in [0.05, 0.1) is 31.6 Å². The molecule has 1 aliphatic heterocycles. The molecule has 1 fully saturated rings. The normalized spacial score (nSPS) is 17.0. The van der Waals surface area contributed by atoms with Gasteiger partial charge in [0.15, 0.2) is 9.84 Å². The Hall–Kier alpha value is -2.46. The smallest absolute Gasteiger partial charge is 0.417 e. The van der Waals surface area contributed by atoms with Gasteiger partial charge in [-0.2, -0.15) is 18.2 Å². The Morgan fingerprint density at radius 1 is 1.25 bits per heavy atom. The van der Waals surface area contributed by atoms with Gasteiger partial charge in [-0.15, -0.1) is 0 Å². The van der Waals surface area contributed by atoms with E-state index in [1.807, 2.05) is 5.16 Å². The van der Waals surface area contributed by atoms with Crippen molar-refractivity contribution in [2.75, 3.05) is 13.1 Å². The van der Waals surface area contributed by atoms with Crippen LogP contribution in [-0.2, 0) is 16.0 Å². The number of piperidine rings is 1. The van der Waals surface area contributed by atoms with Gasteiger partial charge in [-0.25, -0.2) is 13.2 Å². The molecule has 0 radical (unpaired) electrons. The lowest BCUT2D eigenvalue weighted by molar-refractivity contribution is -0.137. The van der Waals surface area contributed by atoms with Gasteiger partial charge in [0, 0.05) is 18.7 Å². The Kier molecular flexibility index (Phi) is 6.94. The van der Waals surface area contributed by atoms with Crippen LogP contribution in [0.15, 0.2) is 46.3 Å². The highest BCUT2D eigenvalue weighted by Crippen LogP contribution is 2.43. The van der Waals surface area contributed by atoms with Crippen LogP contribution in [0.5, 0.6) is 0 Å². The van der Waals surface area contributed by atoms with Gasteiger partial charge < -0.3 is 10.0 Å². The SMILES string of the molecule is O=C(O)N1CCCC(S(=O)(=O)c2ccc(-c3c(Cl)cc(N=C=S)cc3C(F)(F)F)cc2)C1. The molecule has 3 rings (SSSR count). The summed E-state index contributed by atoms with van der Waals surface area (Å²) in [5, 5.41) is 9.96. The molecule has 1 heterocycles. The first-order chi connectivity index (χ1) is 14.9. The monoisotopic (exact) mass is 504 g/mol. The van der Waals surface area contributed by atoms with Crippen molar-refractivity contribution >= 4 is 50.6 Å². The number of isothiocyanates is 1. The predicted molar refractivity (Wildman–Crippen MR) is 116 cm³/mol. The molecular weight excluding hydrogens is 489 g/mol. The van der Waals surface area contributed by atoms with Gasteiger partial charge in [0.2, 0.25) is 0 Å². The van der Waals surface area contributed by atoms with Crippen molar-refractivity contribution in [2.24, 2.45) is 4.99 Å². The zero-order chi connectivity index (χ0) is 23.7. The second-order valence-corrected chi connectivity index (χ2v) is 9.93. The van der Waals surface area contributed by atoms with Crippen molar-refractivity contribution in [3.05, 3.63) is 47.0 Å². The van der Waals surface area contributed by atoms with Crippen LogP contribution < -0.4 is 0 Å². The van der Waals surface area contributed by atoms with Crippen LogP contribution in [0.4, 0.5) is 23.7 Å². The Bertz CT molecular complexity index is 1190. The molecule has 1 aliphatic rings. The third kappa shape index (κ3) is 4.96. The summed E-state index contributed by atoms with van der Waals surface area (Å²) in [5.74, 6) is 0. The van der Waals surface area contributed by atoms with Gasteiger partial charge in [0.1, 0.15) is 0 Å². The summed E-state index contributed by atoms with van der Waals surface area (Å²) in [4.78, 5) is 15.7. The van der Waals surface area contributed by atoms with Crippen LogP contribution in [0.3, 0.4) is 0 Å². The lowest BCUT2D eigenvalue weighted by Gasteiger charge is -2.30. The summed E-state index contributed by atoms with van der Waals surface area (Å²) < 4.78 is 66.9. The topological polar surface area (TPSA) is 87.0 Å². The van der Waals surface area contributed by atoms with Gasteiger partial charge in [-0.3, -0.25) is 0 Å². The molecule has 1 saturated heterocycles. The standard InChI is InChI=1S/C20H16ClF3N2O4S2/c21-17-9-13(25-11-31)8-16(20(22,23)24)18(17)12-3-5-14(6-4-12)32(29,30)15-2-1-7-26(10-15)19(27)28/h3-6,8-9,15H,1-2,7,10H2,(H,27,28). The van der Waals surface area contributed by atoms with E-state index in [-0.39, 0.29) is 39.8 Å². The van der Waals surface area contributed by atoms with Crippen molar-refractivity contribution in [3.8, 4) is 11.1 Å². The fraction of sp³-hybridized carbons (Fsp3) is 0.300. The molecule has 2 aromatic rings. The first-order valence-corrected chi connectivity index (χ1v) is 11.6. The fourth-order valence-corrected chi connectivity index (χ4v) is 5.78. The van der Waals surface area contributed by atoms with Crippen LogP contribution in [0.1, 0.15) is 18.4 Å². The molecule has 1 amide bonds. The van der Waals surface area contributed by atoms with E-state index in [9.17, 15) is 26.4 Å². The Labute approximate surface area is 192 Å². The van der Waals surface area contributed by atoms with E-state index in [0.29, 0.717) is 12.8 Å². The minimum absolute atomic E-state index is 0.0648. The average Bonchev–Trinajstić information content (AvgIpc) is 2.73. The van der Waals surface area contributed by atoms with Gasteiger partial charge in [-0.1, -0.05) is 23.7 Å². The zero-order valence-corrected chi connectivity index (χ0v) is 18.7. The molecule has 6 nitrogen and oxygen atoms in total.